The summed E-state index contributed by atoms with van der Waals surface area (Å²) in [4.78, 5) is 0.188. The maximum absolute atomic E-state index is 12.0. The molecule has 1 fully saturated rings. The third kappa shape index (κ3) is 4.02. The number of hydrogen-bond donors (Lipinski definition) is 0. The molecule has 0 aliphatic carbocycles. The SMILES string of the molecule is Cc1ccc(S(=O)(=O)OC[C@@H]2CC[C@@H](CBr)O2)cc1. The van der Waals surface area contributed by atoms with Crippen LogP contribution in [0.1, 0.15) is 18.4 Å². The largest absolute Gasteiger partial charge is 0.372 e. The van der Waals surface area contributed by atoms with Gasteiger partial charge in [0.1, 0.15) is 0 Å². The lowest BCUT2D eigenvalue weighted by Crippen LogP contribution is -2.20. The first-order valence-corrected chi connectivity index (χ1v) is 8.72. The smallest absolute Gasteiger partial charge is 0.297 e. The number of hydrogen-bond acceptors (Lipinski definition) is 4. The summed E-state index contributed by atoms with van der Waals surface area (Å²) in [6, 6.07) is 6.62. The summed E-state index contributed by atoms with van der Waals surface area (Å²) in [7, 11) is -3.68. The Morgan fingerprint density at radius 1 is 1.26 bits per heavy atom. The van der Waals surface area contributed by atoms with Gasteiger partial charge in [-0.15, -0.1) is 0 Å². The van der Waals surface area contributed by atoms with Gasteiger partial charge in [-0.1, -0.05) is 33.6 Å². The van der Waals surface area contributed by atoms with Crippen LogP contribution in [0.25, 0.3) is 0 Å². The Hall–Kier alpha value is -0.430. The molecular weight excluding hydrogens is 332 g/mol. The van der Waals surface area contributed by atoms with Crippen LogP contribution in [0.3, 0.4) is 0 Å². The van der Waals surface area contributed by atoms with Gasteiger partial charge in [-0.2, -0.15) is 8.42 Å². The molecule has 19 heavy (non-hydrogen) atoms. The van der Waals surface area contributed by atoms with E-state index in [1.807, 2.05) is 6.92 Å². The minimum atomic E-state index is -3.68. The number of halogens is 1. The summed E-state index contributed by atoms with van der Waals surface area (Å²) in [6.07, 6.45) is 1.79. The fraction of sp³-hybridized carbons (Fsp3) is 0.538. The molecule has 0 bridgehead atoms. The van der Waals surface area contributed by atoms with E-state index in [1.165, 1.54) is 0 Å². The van der Waals surface area contributed by atoms with Gasteiger partial charge >= 0.3 is 0 Å². The van der Waals surface area contributed by atoms with Gasteiger partial charge in [-0.05, 0) is 31.9 Å². The van der Waals surface area contributed by atoms with Crippen molar-refractivity contribution in [1.82, 2.24) is 0 Å². The van der Waals surface area contributed by atoms with Crippen LogP contribution in [0.15, 0.2) is 29.2 Å². The lowest BCUT2D eigenvalue weighted by Gasteiger charge is -2.12. The van der Waals surface area contributed by atoms with E-state index in [1.54, 1.807) is 24.3 Å². The van der Waals surface area contributed by atoms with E-state index in [9.17, 15) is 8.42 Å². The van der Waals surface area contributed by atoms with Crippen LogP contribution in [0.5, 0.6) is 0 Å². The number of ether oxygens (including phenoxy) is 1. The van der Waals surface area contributed by atoms with Crippen molar-refractivity contribution in [2.45, 2.75) is 36.9 Å². The van der Waals surface area contributed by atoms with Crippen molar-refractivity contribution >= 4 is 26.0 Å². The Bertz CT molecular complexity index is 512. The highest BCUT2D eigenvalue weighted by atomic mass is 79.9. The molecule has 0 unspecified atom stereocenters. The molecule has 1 saturated heterocycles. The third-order valence-electron chi connectivity index (χ3n) is 3.09. The molecule has 0 saturated carbocycles. The second-order valence-electron chi connectivity index (χ2n) is 4.66. The highest BCUT2D eigenvalue weighted by Gasteiger charge is 2.26. The zero-order chi connectivity index (χ0) is 13.9. The Kier molecular flexibility index (Phi) is 5.00. The summed E-state index contributed by atoms with van der Waals surface area (Å²) in [5, 5.41) is 0.772. The molecule has 1 aliphatic rings. The average Bonchev–Trinajstić information content (AvgIpc) is 2.85. The van der Waals surface area contributed by atoms with Crippen LogP contribution >= 0.6 is 15.9 Å². The Labute approximate surface area is 122 Å². The zero-order valence-corrected chi connectivity index (χ0v) is 13.1. The number of aryl methyl sites for hydroxylation is 1. The maximum atomic E-state index is 12.0. The predicted molar refractivity (Wildman–Crippen MR) is 76.0 cm³/mol. The monoisotopic (exact) mass is 348 g/mol. The fourth-order valence-electron chi connectivity index (χ4n) is 1.95. The molecule has 2 atom stereocenters. The van der Waals surface area contributed by atoms with E-state index >= 15 is 0 Å². The Morgan fingerprint density at radius 2 is 1.89 bits per heavy atom. The summed E-state index contributed by atoms with van der Waals surface area (Å²) in [5.41, 5.74) is 1.01. The summed E-state index contributed by atoms with van der Waals surface area (Å²) in [5.74, 6) is 0. The molecule has 1 aliphatic heterocycles. The maximum Gasteiger partial charge on any atom is 0.297 e. The molecule has 1 heterocycles. The average molecular weight is 349 g/mol. The topological polar surface area (TPSA) is 52.6 Å². The van der Waals surface area contributed by atoms with Crippen LogP contribution in [0.4, 0.5) is 0 Å². The second kappa shape index (κ2) is 6.35. The molecule has 0 amide bonds. The van der Waals surface area contributed by atoms with E-state index in [2.05, 4.69) is 15.9 Å². The molecule has 4 nitrogen and oxygen atoms in total. The van der Waals surface area contributed by atoms with E-state index in [4.69, 9.17) is 8.92 Å². The molecule has 2 rings (SSSR count). The van der Waals surface area contributed by atoms with Crippen LogP contribution in [0, 0.1) is 6.92 Å². The molecule has 106 valence electrons. The van der Waals surface area contributed by atoms with Crippen LogP contribution in [0.2, 0.25) is 0 Å². The number of benzene rings is 1. The van der Waals surface area contributed by atoms with Gasteiger partial charge in [0.25, 0.3) is 10.1 Å². The van der Waals surface area contributed by atoms with Gasteiger partial charge in [-0.25, -0.2) is 0 Å². The van der Waals surface area contributed by atoms with E-state index < -0.39 is 10.1 Å². The lowest BCUT2D eigenvalue weighted by molar-refractivity contribution is 0.0305. The number of rotatable bonds is 5. The van der Waals surface area contributed by atoms with Gasteiger partial charge < -0.3 is 4.74 Å². The Morgan fingerprint density at radius 3 is 2.47 bits per heavy atom. The molecule has 6 heteroatoms. The van der Waals surface area contributed by atoms with Gasteiger partial charge in [0.2, 0.25) is 0 Å². The second-order valence-corrected chi connectivity index (χ2v) is 6.93. The van der Waals surface area contributed by atoms with Crippen molar-refractivity contribution in [3.05, 3.63) is 29.8 Å². The van der Waals surface area contributed by atoms with Gasteiger partial charge in [0, 0.05) is 5.33 Å². The zero-order valence-electron chi connectivity index (χ0n) is 10.7. The minimum Gasteiger partial charge on any atom is -0.372 e. The quantitative estimate of drug-likeness (QED) is 0.606. The van der Waals surface area contributed by atoms with E-state index in [0.717, 1.165) is 23.7 Å². The van der Waals surface area contributed by atoms with Crippen molar-refractivity contribution in [3.63, 3.8) is 0 Å². The van der Waals surface area contributed by atoms with Gasteiger partial charge in [-0.3, -0.25) is 4.18 Å². The molecule has 0 radical (unpaired) electrons. The summed E-state index contributed by atoms with van der Waals surface area (Å²) in [6.45, 7) is 1.99. The van der Waals surface area contributed by atoms with E-state index in [0.29, 0.717) is 0 Å². The molecule has 0 spiro atoms. The Balaban J connectivity index is 1.93. The molecule has 0 aromatic heterocycles. The standard InChI is InChI=1S/C13H17BrO4S/c1-10-2-6-13(7-3-10)19(15,16)17-9-12-5-4-11(8-14)18-12/h2-3,6-7,11-12H,4-5,8-9H2,1H3/t11-,12-/m0/s1. The molecule has 1 aromatic rings. The van der Waals surface area contributed by atoms with Crippen molar-refractivity contribution < 1.29 is 17.3 Å². The first-order chi connectivity index (χ1) is 9.01. The number of alkyl halides is 1. The van der Waals surface area contributed by atoms with Crippen molar-refractivity contribution in [3.8, 4) is 0 Å². The van der Waals surface area contributed by atoms with Crippen molar-refractivity contribution in [2.75, 3.05) is 11.9 Å². The fourth-order valence-corrected chi connectivity index (χ4v) is 3.37. The van der Waals surface area contributed by atoms with Gasteiger partial charge in [0.15, 0.2) is 0 Å². The minimum absolute atomic E-state index is 0.0830. The highest BCUT2D eigenvalue weighted by Crippen LogP contribution is 2.22. The van der Waals surface area contributed by atoms with E-state index in [-0.39, 0.29) is 23.7 Å². The van der Waals surface area contributed by atoms with Crippen molar-refractivity contribution in [1.29, 1.82) is 0 Å². The summed E-state index contributed by atoms with van der Waals surface area (Å²) < 4.78 is 34.6. The van der Waals surface area contributed by atoms with Crippen LogP contribution < -0.4 is 0 Å². The normalized spacial score (nSPS) is 23.7. The first-order valence-electron chi connectivity index (χ1n) is 6.19. The predicted octanol–water partition coefficient (Wildman–Crippen LogP) is 2.64. The highest BCUT2D eigenvalue weighted by molar-refractivity contribution is 9.09. The third-order valence-corrected chi connectivity index (χ3v) is 5.10. The first kappa shape index (κ1) is 15.0. The molecule has 0 N–H and O–H groups in total. The molecule has 1 aromatic carbocycles. The summed E-state index contributed by atoms with van der Waals surface area (Å²) >= 11 is 3.35. The van der Waals surface area contributed by atoms with Crippen LogP contribution in [-0.4, -0.2) is 32.6 Å². The van der Waals surface area contributed by atoms with Crippen LogP contribution in [-0.2, 0) is 19.0 Å². The lowest BCUT2D eigenvalue weighted by atomic mass is 10.2. The van der Waals surface area contributed by atoms with Gasteiger partial charge in [0.05, 0.1) is 23.7 Å². The van der Waals surface area contributed by atoms with Crippen molar-refractivity contribution in [2.24, 2.45) is 0 Å². The molecular formula is C13H17BrO4S.